The van der Waals surface area contributed by atoms with E-state index in [4.69, 9.17) is 9.26 Å². The fourth-order valence-corrected chi connectivity index (χ4v) is 2.28. The molecule has 0 aromatic carbocycles. The summed E-state index contributed by atoms with van der Waals surface area (Å²) < 4.78 is 10.6. The molecule has 0 unspecified atom stereocenters. The van der Waals surface area contributed by atoms with Crippen LogP contribution in [-0.2, 0) is 11.3 Å². The maximum Gasteiger partial charge on any atom is 0.276 e. The highest BCUT2D eigenvalue weighted by Gasteiger charge is 2.23. The van der Waals surface area contributed by atoms with Crippen LogP contribution in [0, 0.1) is 5.92 Å². The van der Waals surface area contributed by atoms with Gasteiger partial charge in [-0.05, 0) is 12.8 Å². The molecule has 2 rings (SSSR count). The second kappa shape index (κ2) is 7.04. The van der Waals surface area contributed by atoms with E-state index in [2.05, 4.69) is 23.9 Å². The molecule has 1 atom stereocenters. The quantitative estimate of drug-likeness (QED) is 0.826. The number of nitrogens with zero attached hydrogens (tertiary/aromatic N) is 3. The minimum atomic E-state index is -0.0897. The van der Waals surface area contributed by atoms with Gasteiger partial charge >= 0.3 is 0 Å². The Balaban J connectivity index is 1.96. The predicted octanol–water partition coefficient (Wildman–Crippen LogP) is 1.62. The smallest absolute Gasteiger partial charge is 0.276 e. The van der Waals surface area contributed by atoms with Crippen molar-refractivity contribution >= 4 is 5.91 Å². The van der Waals surface area contributed by atoms with Gasteiger partial charge in [-0.15, -0.1) is 0 Å². The second-order valence-electron chi connectivity index (χ2n) is 5.97. The lowest BCUT2D eigenvalue weighted by atomic mass is 10.1. The van der Waals surface area contributed by atoms with Crippen LogP contribution < -0.4 is 0 Å². The summed E-state index contributed by atoms with van der Waals surface area (Å²) in [4.78, 5) is 16.3. The third-order valence-electron chi connectivity index (χ3n) is 4.16. The minimum absolute atomic E-state index is 0.0897. The first-order chi connectivity index (χ1) is 9.99. The number of hydrogen-bond acceptors (Lipinski definition) is 5. The molecule has 0 saturated carbocycles. The van der Waals surface area contributed by atoms with Crippen LogP contribution in [0.2, 0.25) is 0 Å². The number of hydrogen-bond donors (Lipinski definition) is 0. The summed E-state index contributed by atoms with van der Waals surface area (Å²) in [5.74, 6) is 1.04. The largest absolute Gasteiger partial charge is 0.379 e. The monoisotopic (exact) mass is 295 g/mol. The molecule has 0 bridgehead atoms. The van der Waals surface area contributed by atoms with Crippen LogP contribution in [0.25, 0.3) is 0 Å². The van der Waals surface area contributed by atoms with E-state index < -0.39 is 0 Å². The summed E-state index contributed by atoms with van der Waals surface area (Å²) in [5.41, 5.74) is 0.383. The summed E-state index contributed by atoms with van der Waals surface area (Å²) in [5, 5.41) is 3.92. The van der Waals surface area contributed by atoms with Crippen molar-refractivity contribution in [3.8, 4) is 0 Å². The number of morpholine rings is 1. The van der Waals surface area contributed by atoms with E-state index >= 15 is 0 Å². The van der Waals surface area contributed by atoms with Gasteiger partial charge in [0.05, 0.1) is 19.8 Å². The molecule has 0 radical (unpaired) electrons. The topological polar surface area (TPSA) is 58.8 Å². The van der Waals surface area contributed by atoms with E-state index in [1.54, 1.807) is 11.0 Å². The van der Waals surface area contributed by atoms with Gasteiger partial charge in [0.2, 0.25) is 0 Å². The fraction of sp³-hybridized carbons (Fsp3) is 0.733. The van der Waals surface area contributed by atoms with E-state index in [1.165, 1.54) is 0 Å². The van der Waals surface area contributed by atoms with Crippen LogP contribution in [0.15, 0.2) is 10.6 Å². The van der Waals surface area contributed by atoms with Crippen molar-refractivity contribution in [2.24, 2.45) is 5.92 Å². The Hall–Kier alpha value is -1.40. The van der Waals surface area contributed by atoms with Crippen LogP contribution in [0.3, 0.4) is 0 Å². The highest BCUT2D eigenvalue weighted by molar-refractivity contribution is 5.92. The second-order valence-corrected chi connectivity index (χ2v) is 5.97. The third-order valence-corrected chi connectivity index (χ3v) is 4.16. The first-order valence-corrected chi connectivity index (χ1v) is 7.52. The van der Waals surface area contributed by atoms with Crippen molar-refractivity contribution in [1.82, 2.24) is 15.0 Å². The molecule has 1 aromatic rings. The van der Waals surface area contributed by atoms with Crippen molar-refractivity contribution in [3.63, 3.8) is 0 Å². The molecule has 1 amide bonds. The van der Waals surface area contributed by atoms with Crippen LogP contribution in [0.4, 0.5) is 0 Å². The van der Waals surface area contributed by atoms with Crippen molar-refractivity contribution < 1.29 is 14.1 Å². The number of aromatic nitrogens is 1. The average Bonchev–Trinajstić information content (AvgIpc) is 2.94. The number of ether oxygens (including phenoxy) is 1. The molecule has 1 fully saturated rings. The van der Waals surface area contributed by atoms with Crippen LogP contribution >= 0.6 is 0 Å². The molecule has 2 heterocycles. The Morgan fingerprint density at radius 3 is 2.67 bits per heavy atom. The lowest BCUT2D eigenvalue weighted by Crippen LogP contribution is -2.38. The number of rotatable bonds is 5. The van der Waals surface area contributed by atoms with Gasteiger partial charge in [0.15, 0.2) is 11.5 Å². The van der Waals surface area contributed by atoms with Gasteiger partial charge < -0.3 is 14.2 Å². The molecule has 6 nitrogen and oxygen atoms in total. The average molecular weight is 295 g/mol. The molecule has 1 saturated heterocycles. The summed E-state index contributed by atoms with van der Waals surface area (Å²) >= 11 is 0. The van der Waals surface area contributed by atoms with Gasteiger partial charge in [-0.3, -0.25) is 9.69 Å². The molecular formula is C15H25N3O3. The first kappa shape index (κ1) is 16.0. The number of carbonyl (C=O) groups excluding carboxylic acids is 1. The molecular weight excluding hydrogens is 270 g/mol. The normalized spacial score (nSPS) is 18.0. The summed E-state index contributed by atoms with van der Waals surface area (Å²) in [6.45, 7) is 10.2. The van der Waals surface area contributed by atoms with E-state index in [0.29, 0.717) is 18.2 Å². The van der Waals surface area contributed by atoms with Gasteiger partial charge in [0.1, 0.15) is 0 Å². The molecule has 1 aliphatic rings. The van der Waals surface area contributed by atoms with E-state index in [0.717, 1.165) is 32.1 Å². The van der Waals surface area contributed by atoms with Crippen molar-refractivity contribution in [1.29, 1.82) is 0 Å². The molecule has 6 heteroatoms. The Morgan fingerprint density at radius 2 is 2.05 bits per heavy atom. The lowest BCUT2D eigenvalue weighted by molar-refractivity contribution is 0.0305. The Labute approximate surface area is 126 Å². The lowest BCUT2D eigenvalue weighted by Gasteiger charge is -2.27. The van der Waals surface area contributed by atoms with Crippen LogP contribution in [-0.4, -0.2) is 60.3 Å². The van der Waals surface area contributed by atoms with E-state index in [-0.39, 0.29) is 11.9 Å². The Morgan fingerprint density at radius 1 is 1.38 bits per heavy atom. The minimum Gasteiger partial charge on any atom is -0.379 e. The number of amides is 1. The maximum atomic E-state index is 12.4. The summed E-state index contributed by atoms with van der Waals surface area (Å²) in [6.07, 6.45) is 0. The molecule has 0 N–H and O–H groups in total. The molecule has 118 valence electrons. The standard InChI is InChI=1S/C15H25N3O3/c1-11(2)12(3)17(4)15(19)14-9-13(21-16-14)10-18-5-7-20-8-6-18/h9,11-12H,5-8,10H2,1-4H3/t12-/m1/s1. The van der Waals surface area contributed by atoms with E-state index in [9.17, 15) is 4.79 Å². The Kier molecular flexibility index (Phi) is 5.36. The number of carbonyl (C=O) groups is 1. The third kappa shape index (κ3) is 4.04. The summed E-state index contributed by atoms with van der Waals surface area (Å²) in [7, 11) is 1.81. The van der Waals surface area contributed by atoms with Crippen molar-refractivity contribution in [2.75, 3.05) is 33.4 Å². The molecule has 1 aliphatic heterocycles. The zero-order valence-electron chi connectivity index (χ0n) is 13.3. The van der Waals surface area contributed by atoms with Gasteiger partial charge in [0, 0.05) is 32.2 Å². The zero-order chi connectivity index (χ0) is 15.4. The van der Waals surface area contributed by atoms with Crippen molar-refractivity contribution in [3.05, 3.63) is 17.5 Å². The zero-order valence-corrected chi connectivity index (χ0v) is 13.3. The summed E-state index contributed by atoms with van der Waals surface area (Å²) in [6, 6.07) is 1.92. The van der Waals surface area contributed by atoms with Gasteiger partial charge in [-0.2, -0.15) is 0 Å². The highest BCUT2D eigenvalue weighted by Crippen LogP contribution is 2.14. The highest BCUT2D eigenvalue weighted by atomic mass is 16.5. The van der Waals surface area contributed by atoms with Crippen LogP contribution in [0.1, 0.15) is 37.0 Å². The SMILES string of the molecule is CC(C)[C@@H](C)N(C)C(=O)c1cc(CN2CCOCC2)on1. The predicted molar refractivity (Wildman–Crippen MR) is 79.0 cm³/mol. The first-order valence-electron chi connectivity index (χ1n) is 7.52. The molecule has 21 heavy (non-hydrogen) atoms. The molecule has 0 aliphatic carbocycles. The van der Waals surface area contributed by atoms with Crippen molar-refractivity contribution in [2.45, 2.75) is 33.4 Å². The van der Waals surface area contributed by atoms with Gasteiger partial charge in [0.25, 0.3) is 5.91 Å². The molecule has 0 spiro atoms. The van der Waals surface area contributed by atoms with Gasteiger partial charge in [-0.25, -0.2) is 0 Å². The van der Waals surface area contributed by atoms with E-state index in [1.807, 2.05) is 14.0 Å². The van der Waals surface area contributed by atoms with Crippen LogP contribution in [0.5, 0.6) is 0 Å². The molecule has 1 aromatic heterocycles. The maximum absolute atomic E-state index is 12.4. The Bertz CT molecular complexity index is 466. The van der Waals surface area contributed by atoms with Gasteiger partial charge in [-0.1, -0.05) is 19.0 Å². The fourth-order valence-electron chi connectivity index (χ4n) is 2.28.